The molecule has 7 heteroatoms. The molecule has 0 aliphatic carbocycles. The third-order valence-electron chi connectivity index (χ3n) is 2.22. The van der Waals surface area contributed by atoms with Gasteiger partial charge in [-0.1, -0.05) is 0 Å². The Hall–Kier alpha value is -1.18. The van der Waals surface area contributed by atoms with E-state index in [0.717, 1.165) is 8.66 Å². The van der Waals surface area contributed by atoms with E-state index >= 15 is 0 Å². The van der Waals surface area contributed by atoms with Gasteiger partial charge < -0.3 is 15.2 Å². The van der Waals surface area contributed by atoms with Crippen LogP contribution in [0, 0.1) is 0 Å². The number of carbonyl (C=O) groups is 2. The average Bonchev–Trinajstić information content (AvgIpc) is 2.77. The van der Waals surface area contributed by atoms with E-state index < -0.39 is 17.9 Å². The Balaban J connectivity index is 2.52. The third kappa shape index (κ3) is 6.00. The van der Waals surface area contributed by atoms with Crippen molar-refractivity contribution >= 4 is 45.2 Å². The molecule has 1 aromatic heterocycles. The molecule has 0 spiro atoms. The first-order chi connectivity index (χ1) is 9.02. The van der Waals surface area contributed by atoms with Crippen LogP contribution < -0.4 is 5.32 Å². The lowest BCUT2D eigenvalue weighted by atomic mass is 10.2. The van der Waals surface area contributed by atoms with Crippen molar-refractivity contribution in [1.82, 2.24) is 5.32 Å². The topological polar surface area (TPSA) is 75.6 Å². The molecule has 104 valence electrons. The second kappa shape index (κ2) is 8.08. The molecular weight excluding hydrogens is 334 g/mol. The molecule has 1 atom stereocenters. The van der Waals surface area contributed by atoms with E-state index in [1.165, 1.54) is 24.5 Å². The van der Waals surface area contributed by atoms with Crippen LogP contribution in [0.1, 0.15) is 11.3 Å². The maximum atomic E-state index is 11.6. The maximum absolute atomic E-state index is 11.6. The Labute approximate surface area is 123 Å². The molecule has 5 nitrogen and oxygen atoms in total. The fraction of sp³-hybridized carbons (Fsp3) is 0.333. The smallest absolute Gasteiger partial charge is 0.326 e. The Morgan fingerprint density at radius 1 is 1.58 bits per heavy atom. The lowest BCUT2D eigenvalue weighted by Crippen LogP contribution is -2.40. The number of hydrogen-bond acceptors (Lipinski definition) is 4. The molecule has 0 radical (unpaired) electrons. The highest BCUT2D eigenvalue weighted by atomic mass is 79.9. The van der Waals surface area contributed by atoms with E-state index in [2.05, 4.69) is 21.2 Å². The summed E-state index contributed by atoms with van der Waals surface area (Å²) in [6.45, 7) is 0.277. The number of carboxylic acids is 1. The summed E-state index contributed by atoms with van der Waals surface area (Å²) in [7, 11) is 1.48. The summed E-state index contributed by atoms with van der Waals surface area (Å²) in [6, 6.07) is 2.80. The van der Waals surface area contributed by atoms with Crippen molar-refractivity contribution in [1.29, 1.82) is 0 Å². The van der Waals surface area contributed by atoms with Crippen molar-refractivity contribution in [3.05, 3.63) is 26.9 Å². The molecule has 0 saturated carbocycles. The summed E-state index contributed by atoms with van der Waals surface area (Å²) in [5.74, 6) is -1.51. The number of nitrogens with one attached hydrogen (secondary N) is 1. The van der Waals surface area contributed by atoms with Gasteiger partial charge in [0.25, 0.3) is 0 Å². The molecule has 0 saturated heterocycles. The number of rotatable bonds is 7. The highest BCUT2D eigenvalue weighted by Gasteiger charge is 2.18. The Bertz CT molecular complexity index is 472. The molecule has 19 heavy (non-hydrogen) atoms. The summed E-state index contributed by atoms with van der Waals surface area (Å²) >= 11 is 4.80. The van der Waals surface area contributed by atoms with Gasteiger partial charge in [0.1, 0.15) is 6.04 Å². The van der Waals surface area contributed by atoms with Crippen LogP contribution in [0.3, 0.4) is 0 Å². The highest BCUT2D eigenvalue weighted by molar-refractivity contribution is 9.11. The first kappa shape index (κ1) is 15.9. The lowest BCUT2D eigenvalue weighted by Gasteiger charge is -2.12. The molecule has 0 fully saturated rings. The summed E-state index contributed by atoms with van der Waals surface area (Å²) in [6.07, 6.45) is 3.19. The zero-order chi connectivity index (χ0) is 14.3. The van der Waals surface area contributed by atoms with Crippen LogP contribution in [0.5, 0.6) is 0 Å². The summed E-state index contributed by atoms with van der Waals surface area (Å²) in [5.41, 5.74) is 0. The van der Waals surface area contributed by atoms with E-state index in [1.807, 2.05) is 12.1 Å². The minimum Gasteiger partial charge on any atom is -0.480 e. The van der Waals surface area contributed by atoms with Crippen molar-refractivity contribution in [3.8, 4) is 0 Å². The molecule has 1 heterocycles. The van der Waals surface area contributed by atoms with Crippen LogP contribution in [-0.2, 0) is 14.3 Å². The number of carbonyl (C=O) groups excluding carboxylic acids is 1. The largest absolute Gasteiger partial charge is 0.480 e. The molecule has 1 aromatic rings. The quantitative estimate of drug-likeness (QED) is 0.741. The minimum atomic E-state index is -1.07. The van der Waals surface area contributed by atoms with Gasteiger partial charge in [0, 0.05) is 31.1 Å². The van der Waals surface area contributed by atoms with Gasteiger partial charge in [0.2, 0.25) is 5.91 Å². The zero-order valence-electron chi connectivity index (χ0n) is 10.3. The zero-order valence-corrected chi connectivity index (χ0v) is 12.7. The van der Waals surface area contributed by atoms with Crippen LogP contribution in [0.4, 0.5) is 0 Å². The van der Waals surface area contributed by atoms with Crippen LogP contribution in [0.2, 0.25) is 0 Å². The van der Waals surface area contributed by atoms with Crippen LogP contribution in [0.25, 0.3) is 6.08 Å². The van der Waals surface area contributed by atoms with E-state index in [0.29, 0.717) is 0 Å². The van der Waals surface area contributed by atoms with Crippen molar-refractivity contribution in [2.75, 3.05) is 13.7 Å². The van der Waals surface area contributed by atoms with E-state index in [-0.39, 0.29) is 13.0 Å². The van der Waals surface area contributed by atoms with Gasteiger partial charge in [-0.2, -0.15) is 0 Å². The van der Waals surface area contributed by atoms with Crippen LogP contribution in [0.15, 0.2) is 22.0 Å². The van der Waals surface area contributed by atoms with Gasteiger partial charge in [-0.15, -0.1) is 11.3 Å². The SMILES string of the molecule is COCCC(NC(=O)C=Cc1ccc(Br)s1)C(=O)O. The van der Waals surface area contributed by atoms with Crippen molar-refractivity contribution < 1.29 is 19.4 Å². The monoisotopic (exact) mass is 347 g/mol. The van der Waals surface area contributed by atoms with Crippen molar-refractivity contribution in [2.24, 2.45) is 0 Å². The Morgan fingerprint density at radius 3 is 2.84 bits per heavy atom. The number of methoxy groups -OCH3 is 1. The number of halogens is 1. The Morgan fingerprint density at radius 2 is 2.32 bits per heavy atom. The second-order valence-corrected chi connectivity index (χ2v) is 6.15. The van der Waals surface area contributed by atoms with Gasteiger partial charge in [0.15, 0.2) is 0 Å². The maximum Gasteiger partial charge on any atom is 0.326 e. The molecule has 0 aromatic carbocycles. The normalized spacial score (nSPS) is 12.5. The molecule has 0 aliphatic rings. The number of amides is 1. The fourth-order valence-corrected chi connectivity index (χ4v) is 2.61. The van der Waals surface area contributed by atoms with Crippen LogP contribution >= 0.6 is 27.3 Å². The molecule has 0 aliphatic heterocycles. The summed E-state index contributed by atoms with van der Waals surface area (Å²) in [5, 5.41) is 11.4. The third-order valence-corrected chi connectivity index (χ3v) is 3.81. The second-order valence-electron chi connectivity index (χ2n) is 3.66. The summed E-state index contributed by atoms with van der Waals surface area (Å²) in [4.78, 5) is 23.4. The van der Waals surface area contributed by atoms with E-state index in [1.54, 1.807) is 6.08 Å². The first-order valence-corrected chi connectivity index (χ1v) is 7.09. The number of thiophene rings is 1. The number of aliphatic carboxylic acids is 1. The first-order valence-electron chi connectivity index (χ1n) is 5.48. The number of hydrogen-bond donors (Lipinski definition) is 2. The highest BCUT2D eigenvalue weighted by Crippen LogP contribution is 2.22. The van der Waals surface area contributed by atoms with Gasteiger partial charge in [-0.25, -0.2) is 4.79 Å². The molecule has 1 amide bonds. The molecular formula is C12H14BrNO4S. The van der Waals surface area contributed by atoms with Crippen molar-refractivity contribution in [3.63, 3.8) is 0 Å². The molecule has 0 bridgehead atoms. The molecule has 1 unspecified atom stereocenters. The predicted octanol–water partition coefficient (Wildman–Crippen LogP) is 2.13. The predicted molar refractivity (Wildman–Crippen MR) is 77.1 cm³/mol. The average molecular weight is 348 g/mol. The van der Waals surface area contributed by atoms with E-state index in [4.69, 9.17) is 9.84 Å². The van der Waals surface area contributed by atoms with Gasteiger partial charge in [-0.3, -0.25) is 4.79 Å². The molecule has 1 rings (SSSR count). The molecule has 2 N–H and O–H groups in total. The van der Waals surface area contributed by atoms with Gasteiger partial charge in [-0.05, 0) is 34.1 Å². The number of ether oxygens (including phenoxy) is 1. The van der Waals surface area contributed by atoms with E-state index in [9.17, 15) is 9.59 Å². The Kier molecular flexibility index (Phi) is 6.75. The standard InChI is InChI=1S/C12H14BrNO4S/c1-18-7-6-9(12(16)17)14-11(15)5-3-8-2-4-10(13)19-8/h2-5,9H,6-7H2,1H3,(H,14,15)(H,16,17). The minimum absolute atomic E-state index is 0.232. The van der Waals surface area contributed by atoms with Gasteiger partial charge in [0.05, 0.1) is 3.79 Å². The van der Waals surface area contributed by atoms with Crippen molar-refractivity contribution in [2.45, 2.75) is 12.5 Å². The van der Waals surface area contributed by atoms with Gasteiger partial charge >= 0.3 is 5.97 Å². The summed E-state index contributed by atoms with van der Waals surface area (Å²) < 4.78 is 5.77. The fourth-order valence-electron chi connectivity index (χ4n) is 1.29. The lowest BCUT2D eigenvalue weighted by molar-refractivity contribution is -0.141. The number of carboxylic acid groups (broad SMARTS) is 1. The van der Waals surface area contributed by atoms with Crippen LogP contribution in [-0.4, -0.2) is 36.7 Å².